The number of nitrogens with one attached hydrogen (secondary N) is 2. The van der Waals surface area contributed by atoms with Crippen molar-refractivity contribution in [3.63, 3.8) is 0 Å². The highest BCUT2D eigenvalue weighted by Gasteiger charge is 2.22. The number of aryl methyl sites for hydroxylation is 1. The number of hydrogen-bond donors (Lipinski definition) is 3. The zero-order valence-corrected chi connectivity index (χ0v) is 20.6. The predicted molar refractivity (Wildman–Crippen MR) is 131 cm³/mol. The number of ether oxygens (including phenoxy) is 1. The van der Waals surface area contributed by atoms with E-state index in [-0.39, 0.29) is 21.2 Å². The van der Waals surface area contributed by atoms with Gasteiger partial charge in [0.2, 0.25) is 0 Å². The van der Waals surface area contributed by atoms with Gasteiger partial charge in [0, 0.05) is 10.6 Å². The number of thiophene rings is 1. The van der Waals surface area contributed by atoms with E-state index in [1.165, 1.54) is 42.6 Å². The maximum atomic E-state index is 12.8. The van der Waals surface area contributed by atoms with Gasteiger partial charge in [-0.3, -0.25) is 9.52 Å². The number of carboxylic acids is 1. The van der Waals surface area contributed by atoms with Gasteiger partial charge in [-0.25, -0.2) is 18.6 Å². The number of anilines is 1. The number of amides is 1. The molecule has 3 N–H and O–H groups in total. The second kappa shape index (κ2) is 10.9. The number of benzene rings is 2. The van der Waals surface area contributed by atoms with Crippen molar-refractivity contribution in [3.05, 3.63) is 74.6 Å². The van der Waals surface area contributed by atoms with Crippen molar-refractivity contribution < 1.29 is 27.9 Å². The van der Waals surface area contributed by atoms with Crippen LogP contribution in [0.2, 0.25) is 9.36 Å². The minimum atomic E-state index is -3.97. The van der Waals surface area contributed by atoms with Gasteiger partial charge in [0.1, 0.15) is 9.96 Å². The average molecular weight is 542 g/mol. The molecule has 13 heteroatoms. The number of halogens is 2. The number of carbonyl (C=O) groups excluding carboxylic acids is 1. The van der Waals surface area contributed by atoms with Gasteiger partial charge in [-0.1, -0.05) is 35.3 Å². The highest BCUT2D eigenvalue weighted by molar-refractivity contribution is 7.94. The van der Waals surface area contributed by atoms with E-state index in [9.17, 15) is 18.0 Å². The van der Waals surface area contributed by atoms with Crippen LogP contribution in [0.25, 0.3) is 0 Å². The number of rotatable bonds is 9. The first kappa shape index (κ1) is 25.5. The zero-order chi connectivity index (χ0) is 24.9. The summed E-state index contributed by atoms with van der Waals surface area (Å²) in [6.45, 7) is 1.08. The first-order valence-electron chi connectivity index (χ1n) is 9.42. The summed E-state index contributed by atoms with van der Waals surface area (Å²) >= 11 is 12.7. The molecule has 1 heterocycles. The van der Waals surface area contributed by atoms with E-state index in [4.69, 9.17) is 33.0 Å². The fraction of sp³-hybridized carbons (Fsp3) is 0.0952. The van der Waals surface area contributed by atoms with Gasteiger partial charge in [0.05, 0.1) is 21.8 Å². The van der Waals surface area contributed by atoms with Gasteiger partial charge in [-0.05, 0) is 48.9 Å². The van der Waals surface area contributed by atoms with Crippen molar-refractivity contribution in [3.8, 4) is 5.75 Å². The summed E-state index contributed by atoms with van der Waals surface area (Å²) in [7, 11) is -3.97. The first-order chi connectivity index (χ1) is 16.1. The van der Waals surface area contributed by atoms with Crippen molar-refractivity contribution in [1.29, 1.82) is 0 Å². The number of aliphatic carboxylic acids is 1. The lowest BCUT2D eigenvalue weighted by Gasteiger charge is -2.13. The number of para-hydroxylation sites is 1. The second-order valence-corrected chi connectivity index (χ2v) is 10.8. The van der Waals surface area contributed by atoms with E-state index in [2.05, 4.69) is 15.2 Å². The maximum Gasteiger partial charge on any atom is 0.341 e. The molecule has 2 aromatic carbocycles. The van der Waals surface area contributed by atoms with Crippen molar-refractivity contribution in [2.75, 3.05) is 11.3 Å². The molecule has 1 aromatic heterocycles. The van der Waals surface area contributed by atoms with Crippen molar-refractivity contribution in [2.24, 2.45) is 5.10 Å². The normalized spacial score (nSPS) is 11.4. The second-order valence-electron chi connectivity index (χ2n) is 6.73. The fourth-order valence-corrected chi connectivity index (χ4v) is 5.55. The highest BCUT2D eigenvalue weighted by Crippen LogP contribution is 2.29. The molecule has 0 saturated carbocycles. The van der Waals surface area contributed by atoms with Crippen molar-refractivity contribution >= 4 is 68.3 Å². The first-order valence-corrected chi connectivity index (χ1v) is 12.5. The summed E-state index contributed by atoms with van der Waals surface area (Å²) in [5, 5.41) is 13.0. The van der Waals surface area contributed by atoms with E-state index < -0.39 is 28.5 Å². The summed E-state index contributed by atoms with van der Waals surface area (Å²) in [5.74, 6) is -1.65. The van der Waals surface area contributed by atoms with Crippen LogP contribution >= 0.6 is 34.5 Å². The number of carbonyl (C=O) groups is 2. The molecule has 0 spiro atoms. The molecular weight excluding hydrogens is 525 g/mol. The molecule has 1 amide bonds. The van der Waals surface area contributed by atoms with Gasteiger partial charge >= 0.3 is 5.97 Å². The molecule has 0 atom stereocenters. The average Bonchev–Trinajstić information content (AvgIpc) is 3.21. The molecule has 0 aliphatic carbocycles. The van der Waals surface area contributed by atoms with Gasteiger partial charge < -0.3 is 9.84 Å². The van der Waals surface area contributed by atoms with E-state index in [0.29, 0.717) is 20.5 Å². The van der Waals surface area contributed by atoms with Crippen LogP contribution in [0.3, 0.4) is 0 Å². The van der Waals surface area contributed by atoms with Crippen molar-refractivity contribution in [2.45, 2.75) is 11.1 Å². The van der Waals surface area contributed by atoms with Gasteiger partial charge in [-0.15, -0.1) is 11.3 Å². The number of hydrazone groups is 1. The molecule has 34 heavy (non-hydrogen) atoms. The molecular formula is C21H17Cl2N3O6S2. The molecule has 0 aliphatic rings. The third-order valence-corrected chi connectivity index (χ3v) is 7.57. The quantitative estimate of drug-likeness (QED) is 0.271. The fourth-order valence-electron chi connectivity index (χ4n) is 2.73. The van der Waals surface area contributed by atoms with Crippen LogP contribution in [0, 0.1) is 6.92 Å². The molecule has 0 radical (unpaired) electrons. The van der Waals surface area contributed by atoms with Crippen LogP contribution in [0.1, 0.15) is 21.5 Å². The Labute approximate surface area is 209 Å². The Balaban J connectivity index is 1.82. The van der Waals surface area contributed by atoms with E-state index in [0.717, 1.165) is 11.3 Å². The SMILES string of the molecule is Cc1cccc(C(=O)N/N=C\c2cc(Cl)ccc2OCC(=O)O)c1NS(=O)(=O)c1ccc(Cl)s1. The minimum Gasteiger partial charge on any atom is -0.481 e. The Kier molecular flexibility index (Phi) is 8.15. The monoisotopic (exact) mass is 541 g/mol. The molecule has 0 bridgehead atoms. The lowest BCUT2D eigenvalue weighted by Crippen LogP contribution is -2.22. The maximum absolute atomic E-state index is 12.8. The Morgan fingerprint density at radius 1 is 1.18 bits per heavy atom. The third kappa shape index (κ3) is 6.48. The van der Waals surface area contributed by atoms with Crippen LogP contribution in [0.5, 0.6) is 5.75 Å². The molecule has 178 valence electrons. The number of sulfonamides is 1. The molecule has 0 unspecified atom stereocenters. The Hall–Kier alpha value is -3.12. The van der Waals surface area contributed by atoms with Crippen LogP contribution in [-0.2, 0) is 14.8 Å². The number of hydrogen-bond acceptors (Lipinski definition) is 7. The van der Waals surface area contributed by atoms with E-state index in [1.54, 1.807) is 19.1 Å². The number of carboxylic acid groups (broad SMARTS) is 1. The molecule has 3 aromatic rings. The third-order valence-electron chi connectivity index (χ3n) is 4.26. The predicted octanol–water partition coefficient (Wildman–Crippen LogP) is 4.39. The Morgan fingerprint density at radius 3 is 2.62 bits per heavy atom. The summed E-state index contributed by atoms with van der Waals surface area (Å²) < 4.78 is 33.4. The van der Waals surface area contributed by atoms with Gasteiger partial charge in [-0.2, -0.15) is 5.10 Å². The Morgan fingerprint density at radius 2 is 1.94 bits per heavy atom. The lowest BCUT2D eigenvalue weighted by molar-refractivity contribution is -0.139. The molecule has 0 aliphatic heterocycles. The van der Waals surface area contributed by atoms with Crippen LogP contribution < -0.4 is 14.9 Å². The van der Waals surface area contributed by atoms with Crippen molar-refractivity contribution in [1.82, 2.24) is 5.43 Å². The molecule has 3 rings (SSSR count). The lowest BCUT2D eigenvalue weighted by atomic mass is 10.1. The standard InChI is InChI=1S/C21H17Cl2N3O6S2/c1-12-3-2-4-15(20(12)26-34(30,31)19-8-7-17(23)33-19)21(29)25-24-10-13-9-14(22)5-6-16(13)32-11-18(27)28/h2-10,26H,11H2,1H3,(H,25,29)(H,27,28)/b24-10-. The molecule has 0 saturated heterocycles. The topological polar surface area (TPSA) is 134 Å². The smallest absolute Gasteiger partial charge is 0.341 e. The summed E-state index contributed by atoms with van der Waals surface area (Å²) in [6, 6.07) is 12.0. The largest absolute Gasteiger partial charge is 0.481 e. The van der Waals surface area contributed by atoms with Crippen LogP contribution in [-0.4, -0.2) is 38.2 Å². The minimum absolute atomic E-state index is 0.0000198. The van der Waals surface area contributed by atoms with Gasteiger partial charge in [0.25, 0.3) is 15.9 Å². The summed E-state index contributed by atoms with van der Waals surface area (Å²) in [4.78, 5) is 23.6. The van der Waals surface area contributed by atoms with Crippen LogP contribution in [0.15, 0.2) is 57.8 Å². The zero-order valence-electron chi connectivity index (χ0n) is 17.4. The Bertz CT molecular complexity index is 1370. The van der Waals surface area contributed by atoms with E-state index >= 15 is 0 Å². The summed E-state index contributed by atoms with van der Waals surface area (Å²) in [6.07, 6.45) is 1.23. The summed E-state index contributed by atoms with van der Waals surface area (Å²) in [5.41, 5.74) is 3.29. The molecule has 0 fully saturated rings. The number of nitrogens with zero attached hydrogens (tertiary/aromatic N) is 1. The van der Waals surface area contributed by atoms with Gasteiger partial charge in [0.15, 0.2) is 6.61 Å². The van der Waals surface area contributed by atoms with Crippen LogP contribution in [0.4, 0.5) is 5.69 Å². The highest BCUT2D eigenvalue weighted by atomic mass is 35.5. The molecule has 9 nitrogen and oxygen atoms in total. The van der Waals surface area contributed by atoms with E-state index in [1.807, 2.05) is 0 Å².